The summed E-state index contributed by atoms with van der Waals surface area (Å²) in [6.45, 7) is 5.20. The Labute approximate surface area is 82.1 Å². The zero-order chi connectivity index (χ0) is 8.44. The number of rotatable bonds is 0. The van der Waals surface area contributed by atoms with E-state index in [1.54, 1.807) is 0 Å². The van der Waals surface area contributed by atoms with Gasteiger partial charge in [-0.1, -0.05) is 0 Å². The number of fused-ring (bicyclic) bond motifs is 6. The van der Waals surface area contributed by atoms with Gasteiger partial charge in [-0.25, -0.2) is 0 Å². The van der Waals surface area contributed by atoms with Gasteiger partial charge in [0.2, 0.25) is 0 Å². The summed E-state index contributed by atoms with van der Waals surface area (Å²) >= 11 is 0.574. The fourth-order valence-corrected chi connectivity index (χ4v) is 6.51. The Morgan fingerprint density at radius 3 is 1.75 bits per heavy atom. The van der Waals surface area contributed by atoms with Crippen molar-refractivity contribution in [2.75, 3.05) is 39.5 Å². The van der Waals surface area contributed by atoms with Gasteiger partial charge in [-0.3, -0.25) is 0 Å². The molecule has 12 heavy (non-hydrogen) atoms. The van der Waals surface area contributed by atoms with Crippen LogP contribution in [-0.4, -0.2) is 56.8 Å². The van der Waals surface area contributed by atoms with Crippen molar-refractivity contribution in [3.05, 3.63) is 0 Å². The maximum atomic E-state index is 5.56. The molecular formula is C6H12BrGeNO3. The van der Waals surface area contributed by atoms with Crippen molar-refractivity contribution in [2.45, 2.75) is 0 Å². The van der Waals surface area contributed by atoms with Crippen LogP contribution in [0.25, 0.3) is 0 Å². The maximum absolute atomic E-state index is 5.56. The molecule has 3 aliphatic rings. The van der Waals surface area contributed by atoms with Crippen LogP contribution in [0.1, 0.15) is 0 Å². The molecule has 3 saturated heterocycles. The molecule has 0 atom stereocenters. The van der Waals surface area contributed by atoms with Gasteiger partial charge in [0.25, 0.3) is 0 Å². The van der Waals surface area contributed by atoms with Gasteiger partial charge >= 0.3 is 82.1 Å². The molecule has 3 aliphatic heterocycles. The van der Waals surface area contributed by atoms with Crippen LogP contribution in [0.4, 0.5) is 0 Å². The van der Waals surface area contributed by atoms with Gasteiger partial charge < -0.3 is 0 Å². The molecule has 0 unspecified atom stereocenters. The first-order chi connectivity index (χ1) is 5.79. The standard InChI is InChI=1S/C6H12BrGeNO3/c7-8-10-4-1-9(2-5-11-8)3-6-12-8/h1-6H2. The molecule has 3 heterocycles. The first-order valence-electron chi connectivity index (χ1n) is 4.12. The molecule has 0 aliphatic carbocycles. The van der Waals surface area contributed by atoms with E-state index < -0.39 is 12.4 Å². The van der Waals surface area contributed by atoms with Crippen LogP contribution in [0.15, 0.2) is 0 Å². The Kier molecular flexibility index (Phi) is 3.09. The quantitative estimate of drug-likeness (QED) is 0.598. The molecule has 0 spiro atoms. The van der Waals surface area contributed by atoms with E-state index in [2.05, 4.69) is 18.9 Å². The van der Waals surface area contributed by atoms with Gasteiger partial charge in [-0.15, -0.1) is 0 Å². The molecule has 0 N–H and O–H groups in total. The third kappa shape index (κ3) is 2.21. The molecule has 0 aromatic carbocycles. The zero-order valence-corrected chi connectivity index (χ0v) is 10.5. The molecule has 4 nitrogen and oxygen atoms in total. The van der Waals surface area contributed by atoms with Crippen molar-refractivity contribution in [2.24, 2.45) is 0 Å². The second-order valence-corrected chi connectivity index (χ2v) is 11.8. The van der Waals surface area contributed by atoms with Crippen molar-refractivity contribution in [3.8, 4) is 0 Å². The van der Waals surface area contributed by atoms with Crippen LogP contribution < -0.4 is 0 Å². The van der Waals surface area contributed by atoms with E-state index in [1.807, 2.05) is 0 Å². The van der Waals surface area contributed by atoms with Crippen molar-refractivity contribution < 1.29 is 11.3 Å². The van der Waals surface area contributed by atoms with E-state index in [1.165, 1.54) is 0 Å². The summed E-state index contributed by atoms with van der Waals surface area (Å²) < 4.78 is 16.7. The minimum atomic E-state index is -2.89. The summed E-state index contributed by atoms with van der Waals surface area (Å²) in [6, 6.07) is 0. The number of nitrogens with zero attached hydrogens (tertiary/aromatic N) is 1. The summed E-state index contributed by atoms with van der Waals surface area (Å²) in [5, 5.41) is 0. The molecule has 0 aromatic rings. The normalized spacial score (nSPS) is 43.2. The number of hydrogen-bond donors (Lipinski definition) is 0. The molecule has 3 rings (SSSR count). The van der Waals surface area contributed by atoms with Gasteiger partial charge in [0, 0.05) is 0 Å². The van der Waals surface area contributed by atoms with Gasteiger partial charge in [0.15, 0.2) is 0 Å². The van der Waals surface area contributed by atoms with Crippen molar-refractivity contribution in [1.29, 1.82) is 0 Å². The van der Waals surface area contributed by atoms with E-state index in [0.29, 0.717) is 0 Å². The van der Waals surface area contributed by atoms with E-state index >= 15 is 0 Å². The molecule has 6 heteroatoms. The van der Waals surface area contributed by atoms with Crippen molar-refractivity contribution in [3.63, 3.8) is 0 Å². The summed E-state index contributed by atoms with van der Waals surface area (Å²) in [5.74, 6) is 0. The Bertz CT molecular complexity index is 144. The summed E-state index contributed by atoms with van der Waals surface area (Å²) in [7, 11) is 0. The number of hydrogen-bond acceptors (Lipinski definition) is 4. The minimum absolute atomic E-state index is 0.727. The van der Waals surface area contributed by atoms with Crippen LogP contribution in [-0.2, 0) is 11.3 Å². The van der Waals surface area contributed by atoms with Crippen LogP contribution in [0, 0.1) is 0 Å². The van der Waals surface area contributed by atoms with Gasteiger partial charge in [-0.2, -0.15) is 0 Å². The first kappa shape index (κ1) is 9.42. The first-order valence-corrected chi connectivity index (χ1v) is 11.6. The number of halogens is 1. The van der Waals surface area contributed by atoms with Crippen LogP contribution in [0.2, 0.25) is 0 Å². The monoisotopic (exact) mass is 299 g/mol. The summed E-state index contributed by atoms with van der Waals surface area (Å²) in [6.07, 6.45) is 0. The Morgan fingerprint density at radius 2 is 1.33 bits per heavy atom. The molecule has 0 saturated carbocycles. The summed E-state index contributed by atoms with van der Waals surface area (Å²) in [5.41, 5.74) is 0. The average Bonchev–Trinajstić information content (AvgIpc) is 1.93. The second-order valence-electron chi connectivity index (χ2n) is 2.87. The fourth-order valence-electron chi connectivity index (χ4n) is 1.35. The molecule has 70 valence electrons. The molecule has 0 aromatic heterocycles. The zero-order valence-electron chi connectivity index (χ0n) is 6.79. The van der Waals surface area contributed by atoms with Crippen LogP contribution in [0.5, 0.6) is 0 Å². The average molecular weight is 299 g/mol. The fraction of sp³-hybridized carbons (Fsp3) is 1.00. The van der Waals surface area contributed by atoms with E-state index in [4.69, 9.17) is 11.3 Å². The van der Waals surface area contributed by atoms with Gasteiger partial charge in [-0.05, 0) is 0 Å². The Balaban J connectivity index is 2.06. The second kappa shape index (κ2) is 3.93. The molecule has 2 bridgehead atoms. The van der Waals surface area contributed by atoms with Crippen molar-refractivity contribution >= 4 is 26.4 Å². The van der Waals surface area contributed by atoms with Crippen LogP contribution >= 0.6 is 14.0 Å². The SMILES string of the molecule is [Br][Ge]12[O]CCN(CC[O]1)CC[O]2. The summed E-state index contributed by atoms with van der Waals surface area (Å²) in [4.78, 5) is 2.30. The van der Waals surface area contributed by atoms with Crippen molar-refractivity contribution in [1.82, 2.24) is 4.90 Å². The molecule has 0 radical (unpaired) electrons. The topological polar surface area (TPSA) is 30.9 Å². The molecule has 0 amide bonds. The third-order valence-corrected chi connectivity index (χ3v) is 9.07. The van der Waals surface area contributed by atoms with E-state index in [-0.39, 0.29) is 0 Å². The predicted octanol–water partition coefficient (Wildman–Crippen LogP) is 0.196. The molecular weight excluding hydrogens is 287 g/mol. The Morgan fingerprint density at radius 1 is 0.917 bits per heavy atom. The third-order valence-electron chi connectivity index (χ3n) is 2.05. The van der Waals surface area contributed by atoms with E-state index in [9.17, 15) is 0 Å². The molecule has 3 fully saturated rings. The van der Waals surface area contributed by atoms with Crippen LogP contribution in [0.3, 0.4) is 0 Å². The van der Waals surface area contributed by atoms with Gasteiger partial charge in [0.05, 0.1) is 0 Å². The van der Waals surface area contributed by atoms with Gasteiger partial charge in [0.1, 0.15) is 0 Å². The Hall–Kier alpha value is 0.863. The predicted molar refractivity (Wildman–Crippen MR) is 49.0 cm³/mol. The van der Waals surface area contributed by atoms with E-state index in [0.717, 1.165) is 39.5 Å².